The lowest BCUT2D eigenvalue weighted by atomic mass is 10.0. The molecular weight excluding hydrogens is 171 g/mol. The molecule has 0 aromatic rings. The second-order valence-electron chi connectivity index (χ2n) is 2.65. The number of halogens is 1. The van der Waals surface area contributed by atoms with Crippen LogP contribution in [0.2, 0.25) is 0 Å². The van der Waals surface area contributed by atoms with Crippen molar-refractivity contribution in [3.63, 3.8) is 0 Å². The molecule has 0 aliphatic carbocycles. The van der Waals surface area contributed by atoms with Crippen LogP contribution in [0.3, 0.4) is 0 Å². The molecule has 1 heterocycles. The molecule has 72 valence electrons. The molecule has 3 N–H and O–H groups in total. The fourth-order valence-electron chi connectivity index (χ4n) is 1.05. The summed E-state index contributed by atoms with van der Waals surface area (Å²) >= 11 is 0. The SMILES string of the molecule is [O-]C1O[C@H](CO)[C@H](O)[C@H](O)[C@H]1F. The van der Waals surface area contributed by atoms with Crippen molar-refractivity contribution in [1.82, 2.24) is 0 Å². The molecule has 0 saturated carbocycles. The van der Waals surface area contributed by atoms with Crippen LogP contribution in [-0.4, -0.2) is 52.7 Å². The van der Waals surface area contributed by atoms with Gasteiger partial charge in [-0.3, -0.25) is 0 Å². The smallest absolute Gasteiger partial charge is 0.140 e. The van der Waals surface area contributed by atoms with E-state index in [1.807, 2.05) is 0 Å². The number of hydrogen-bond acceptors (Lipinski definition) is 5. The molecule has 5 nitrogen and oxygen atoms in total. The third-order valence-electron chi connectivity index (χ3n) is 1.81. The van der Waals surface area contributed by atoms with Gasteiger partial charge in [0.25, 0.3) is 0 Å². The number of aliphatic hydroxyl groups excluding tert-OH is 3. The van der Waals surface area contributed by atoms with E-state index in [4.69, 9.17) is 15.3 Å². The Labute approximate surface area is 68.0 Å². The standard InChI is InChI=1S/C6H10FO5/c7-3-5(10)4(9)2(1-8)12-6(3)11/h2-6,8-10H,1H2/q-1/t2-,3-,4+,5-,6?/m1/s1. The molecule has 0 amide bonds. The summed E-state index contributed by atoms with van der Waals surface area (Å²) in [6.45, 7) is -0.621. The second kappa shape index (κ2) is 3.63. The van der Waals surface area contributed by atoms with Crippen molar-refractivity contribution in [3.8, 4) is 0 Å². The predicted octanol–water partition coefficient (Wildman–Crippen LogP) is -2.88. The Hall–Kier alpha value is -0.270. The summed E-state index contributed by atoms with van der Waals surface area (Å²) < 4.78 is 16.9. The molecular formula is C6H10FO5-. The number of aliphatic hydroxyl groups is 3. The van der Waals surface area contributed by atoms with E-state index in [2.05, 4.69) is 4.74 Å². The normalized spacial score (nSPS) is 49.2. The molecule has 1 unspecified atom stereocenters. The van der Waals surface area contributed by atoms with Gasteiger partial charge < -0.3 is 25.2 Å². The van der Waals surface area contributed by atoms with Crippen LogP contribution < -0.4 is 5.11 Å². The summed E-state index contributed by atoms with van der Waals surface area (Å²) in [6, 6.07) is 0. The molecule has 1 rings (SSSR count). The van der Waals surface area contributed by atoms with Crippen molar-refractivity contribution in [2.24, 2.45) is 0 Å². The van der Waals surface area contributed by atoms with Gasteiger partial charge in [0.2, 0.25) is 0 Å². The molecule has 0 radical (unpaired) electrons. The minimum atomic E-state index is -2.15. The Balaban J connectivity index is 2.63. The Morgan fingerprint density at radius 2 is 1.92 bits per heavy atom. The molecule has 5 atom stereocenters. The van der Waals surface area contributed by atoms with Crippen molar-refractivity contribution in [3.05, 3.63) is 0 Å². The number of rotatable bonds is 1. The summed E-state index contributed by atoms with van der Waals surface area (Å²) in [5, 5.41) is 37.1. The molecule has 6 heteroatoms. The minimum absolute atomic E-state index is 0.621. The van der Waals surface area contributed by atoms with Crippen molar-refractivity contribution < 1.29 is 29.6 Å². The van der Waals surface area contributed by atoms with E-state index in [0.29, 0.717) is 0 Å². The molecule has 1 aliphatic rings. The average molecular weight is 181 g/mol. The summed E-state index contributed by atoms with van der Waals surface area (Å²) in [5.74, 6) is 0. The zero-order valence-corrected chi connectivity index (χ0v) is 6.13. The van der Waals surface area contributed by atoms with Gasteiger partial charge in [-0.25, -0.2) is 4.39 Å². The van der Waals surface area contributed by atoms with Crippen LogP contribution in [0, 0.1) is 0 Å². The Bertz CT molecular complexity index is 150. The fraction of sp³-hybridized carbons (Fsp3) is 1.00. The van der Waals surface area contributed by atoms with Crippen LogP contribution in [0.15, 0.2) is 0 Å². The van der Waals surface area contributed by atoms with E-state index in [0.717, 1.165) is 0 Å². The molecule has 1 saturated heterocycles. The van der Waals surface area contributed by atoms with Gasteiger partial charge in [-0.15, -0.1) is 0 Å². The van der Waals surface area contributed by atoms with Crippen LogP contribution in [0.1, 0.15) is 0 Å². The van der Waals surface area contributed by atoms with Crippen molar-refractivity contribution in [2.75, 3.05) is 6.61 Å². The maximum absolute atomic E-state index is 12.6. The van der Waals surface area contributed by atoms with Gasteiger partial charge in [-0.1, -0.05) is 0 Å². The highest BCUT2D eigenvalue weighted by Crippen LogP contribution is 2.20. The fourth-order valence-corrected chi connectivity index (χ4v) is 1.05. The average Bonchev–Trinajstić information content (AvgIpc) is 2.08. The van der Waals surface area contributed by atoms with E-state index in [1.165, 1.54) is 0 Å². The van der Waals surface area contributed by atoms with E-state index >= 15 is 0 Å². The molecule has 1 fully saturated rings. The quantitative estimate of drug-likeness (QED) is 0.404. The number of ether oxygens (including phenoxy) is 1. The molecule has 1 aliphatic heterocycles. The van der Waals surface area contributed by atoms with Gasteiger partial charge in [-0.05, 0) is 0 Å². The summed E-state index contributed by atoms with van der Waals surface area (Å²) in [4.78, 5) is 0. The largest absolute Gasteiger partial charge is 0.829 e. The first-order chi connectivity index (χ1) is 5.57. The molecule has 0 spiro atoms. The third-order valence-corrected chi connectivity index (χ3v) is 1.81. The highest BCUT2D eigenvalue weighted by Gasteiger charge is 2.39. The summed E-state index contributed by atoms with van der Waals surface area (Å²) in [6.07, 6.45) is -8.72. The maximum atomic E-state index is 12.6. The lowest BCUT2D eigenvalue weighted by Crippen LogP contribution is -2.60. The molecule has 0 aromatic heterocycles. The van der Waals surface area contributed by atoms with Crippen LogP contribution >= 0.6 is 0 Å². The van der Waals surface area contributed by atoms with E-state index < -0.39 is 37.4 Å². The van der Waals surface area contributed by atoms with Gasteiger partial charge in [0, 0.05) is 6.29 Å². The van der Waals surface area contributed by atoms with Gasteiger partial charge in [-0.2, -0.15) is 0 Å². The third kappa shape index (κ3) is 1.57. The van der Waals surface area contributed by atoms with Gasteiger partial charge >= 0.3 is 0 Å². The maximum Gasteiger partial charge on any atom is 0.140 e. The van der Waals surface area contributed by atoms with E-state index in [1.54, 1.807) is 0 Å². The molecule has 12 heavy (non-hydrogen) atoms. The predicted molar refractivity (Wildman–Crippen MR) is 32.7 cm³/mol. The first kappa shape index (κ1) is 9.82. The highest BCUT2D eigenvalue weighted by atomic mass is 19.1. The topological polar surface area (TPSA) is 93.0 Å². The second-order valence-corrected chi connectivity index (χ2v) is 2.65. The zero-order chi connectivity index (χ0) is 9.30. The molecule has 0 bridgehead atoms. The first-order valence-electron chi connectivity index (χ1n) is 3.50. The van der Waals surface area contributed by atoms with Crippen LogP contribution in [0.4, 0.5) is 4.39 Å². The van der Waals surface area contributed by atoms with E-state index in [-0.39, 0.29) is 0 Å². The Morgan fingerprint density at radius 1 is 1.33 bits per heavy atom. The monoisotopic (exact) mass is 181 g/mol. The lowest BCUT2D eigenvalue weighted by Gasteiger charge is -2.42. The lowest BCUT2D eigenvalue weighted by molar-refractivity contribution is -0.527. The molecule has 0 aromatic carbocycles. The summed E-state index contributed by atoms with van der Waals surface area (Å²) in [5.41, 5.74) is 0. The van der Waals surface area contributed by atoms with Crippen molar-refractivity contribution in [1.29, 1.82) is 0 Å². The number of alkyl halides is 1. The Morgan fingerprint density at radius 3 is 2.42 bits per heavy atom. The van der Waals surface area contributed by atoms with Crippen LogP contribution in [0.25, 0.3) is 0 Å². The van der Waals surface area contributed by atoms with Crippen molar-refractivity contribution in [2.45, 2.75) is 30.8 Å². The first-order valence-corrected chi connectivity index (χ1v) is 3.50. The van der Waals surface area contributed by atoms with Crippen molar-refractivity contribution >= 4 is 0 Å². The zero-order valence-electron chi connectivity index (χ0n) is 6.13. The number of hydrogen-bond donors (Lipinski definition) is 3. The summed E-state index contributed by atoms with van der Waals surface area (Å²) in [7, 11) is 0. The van der Waals surface area contributed by atoms with Gasteiger partial charge in [0.05, 0.1) is 6.61 Å². The van der Waals surface area contributed by atoms with Gasteiger partial charge in [0.15, 0.2) is 0 Å². The highest BCUT2D eigenvalue weighted by molar-refractivity contribution is 4.87. The van der Waals surface area contributed by atoms with E-state index in [9.17, 15) is 9.50 Å². The van der Waals surface area contributed by atoms with Gasteiger partial charge in [0.1, 0.15) is 24.5 Å². The Kier molecular flexibility index (Phi) is 2.97. The minimum Gasteiger partial charge on any atom is -0.829 e. The van der Waals surface area contributed by atoms with Crippen LogP contribution in [0.5, 0.6) is 0 Å². The van der Waals surface area contributed by atoms with Crippen LogP contribution in [-0.2, 0) is 4.74 Å².